The third-order valence-corrected chi connectivity index (χ3v) is 3.97. The van der Waals surface area contributed by atoms with Crippen molar-refractivity contribution < 1.29 is 9.59 Å². The van der Waals surface area contributed by atoms with Gasteiger partial charge in [-0.05, 0) is 26.1 Å². The summed E-state index contributed by atoms with van der Waals surface area (Å²) in [5, 5.41) is 0. The number of likely N-dealkylation sites (N-methyl/N-ethyl adjacent to an activating group) is 1. The molecule has 0 spiro atoms. The maximum atomic E-state index is 12.5. The lowest BCUT2D eigenvalue weighted by Gasteiger charge is -2.30. The van der Waals surface area contributed by atoms with Crippen LogP contribution in [0.5, 0.6) is 0 Å². The van der Waals surface area contributed by atoms with E-state index in [1.807, 2.05) is 32.8 Å². The summed E-state index contributed by atoms with van der Waals surface area (Å²) < 4.78 is 0. The molecule has 1 rings (SSSR count). The highest BCUT2D eigenvalue weighted by Crippen LogP contribution is 2.22. The topological polar surface area (TPSA) is 69.9 Å². The van der Waals surface area contributed by atoms with Crippen LogP contribution in [-0.4, -0.2) is 80.4 Å². The molecule has 1 aliphatic rings. The molecular formula is C15H30N4O2. The molecule has 1 saturated heterocycles. The largest absolute Gasteiger partial charge is 0.345 e. The summed E-state index contributed by atoms with van der Waals surface area (Å²) >= 11 is 0. The first-order chi connectivity index (χ1) is 9.66. The van der Waals surface area contributed by atoms with Gasteiger partial charge < -0.3 is 20.4 Å². The van der Waals surface area contributed by atoms with Gasteiger partial charge in [0.05, 0.1) is 5.92 Å². The molecule has 0 bridgehead atoms. The summed E-state index contributed by atoms with van der Waals surface area (Å²) in [5.41, 5.74) is 5.62. The second kappa shape index (κ2) is 7.22. The Balaban J connectivity index is 2.54. The molecule has 0 aromatic rings. The van der Waals surface area contributed by atoms with E-state index < -0.39 is 0 Å². The van der Waals surface area contributed by atoms with E-state index in [1.54, 1.807) is 16.8 Å². The van der Waals surface area contributed by atoms with Crippen LogP contribution < -0.4 is 5.73 Å². The molecule has 2 N–H and O–H groups in total. The van der Waals surface area contributed by atoms with Gasteiger partial charge in [0.15, 0.2) is 0 Å². The highest BCUT2D eigenvalue weighted by Gasteiger charge is 2.36. The molecule has 122 valence electrons. The van der Waals surface area contributed by atoms with Gasteiger partial charge in [-0.3, -0.25) is 9.59 Å². The Morgan fingerprint density at radius 3 is 2.52 bits per heavy atom. The maximum Gasteiger partial charge on any atom is 0.227 e. The lowest BCUT2D eigenvalue weighted by Crippen LogP contribution is -2.43. The van der Waals surface area contributed by atoms with Crippen LogP contribution in [0.15, 0.2) is 0 Å². The van der Waals surface area contributed by atoms with Gasteiger partial charge in [-0.2, -0.15) is 0 Å². The first-order valence-corrected chi connectivity index (χ1v) is 7.54. The van der Waals surface area contributed by atoms with Crippen molar-refractivity contribution in [2.45, 2.75) is 20.3 Å². The van der Waals surface area contributed by atoms with Gasteiger partial charge in [0.25, 0.3) is 0 Å². The molecule has 6 heteroatoms. The van der Waals surface area contributed by atoms with Crippen molar-refractivity contribution in [2.75, 3.05) is 53.9 Å². The highest BCUT2D eigenvalue weighted by atomic mass is 16.2. The minimum atomic E-state index is -0.210. The standard InChI is InChI=1S/C15H30N4O2/c1-15(2,10-16)11-18(5)14(21)12-8-13(20)19(9-12)7-6-17(3)4/h12H,6-11,16H2,1-5H3. The third-order valence-electron chi connectivity index (χ3n) is 3.97. The van der Waals surface area contributed by atoms with Crippen LogP contribution >= 0.6 is 0 Å². The van der Waals surface area contributed by atoms with E-state index in [4.69, 9.17) is 5.73 Å². The number of hydrogen-bond acceptors (Lipinski definition) is 4. The Morgan fingerprint density at radius 1 is 1.38 bits per heavy atom. The number of carbonyl (C=O) groups excluding carboxylic acids is 2. The van der Waals surface area contributed by atoms with E-state index in [2.05, 4.69) is 0 Å². The van der Waals surface area contributed by atoms with Gasteiger partial charge >= 0.3 is 0 Å². The monoisotopic (exact) mass is 298 g/mol. The summed E-state index contributed by atoms with van der Waals surface area (Å²) in [5.74, 6) is -0.0721. The summed E-state index contributed by atoms with van der Waals surface area (Å²) in [6, 6.07) is 0. The maximum absolute atomic E-state index is 12.5. The van der Waals surface area contributed by atoms with Crippen LogP contribution in [0.25, 0.3) is 0 Å². The predicted octanol–water partition coefficient (Wildman–Crippen LogP) is -0.160. The summed E-state index contributed by atoms with van der Waals surface area (Å²) in [7, 11) is 5.75. The highest BCUT2D eigenvalue weighted by molar-refractivity contribution is 5.89. The van der Waals surface area contributed by atoms with E-state index in [1.165, 1.54) is 0 Å². The Hall–Kier alpha value is -1.14. The zero-order chi connectivity index (χ0) is 16.2. The van der Waals surface area contributed by atoms with Gasteiger partial charge in [-0.1, -0.05) is 13.8 Å². The van der Waals surface area contributed by atoms with Crippen LogP contribution in [0, 0.1) is 11.3 Å². The lowest BCUT2D eigenvalue weighted by molar-refractivity contribution is -0.135. The second-order valence-corrected chi connectivity index (χ2v) is 7.11. The molecule has 0 radical (unpaired) electrons. The van der Waals surface area contributed by atoms with E-state index >= 15 is 0 Å². The second-order valence-electron chi connectivity index (χ2n) is 7.11. The Labute approximate surface area is 128 Å². The quantitative estimate of drug-likeness (QED) is 0.709. The number of nitrogens with zero attached hydrogens (tertiary/aromatic N) is 3. The summed E-state index contributed by atoms with van der Waals surface area (Å²) in [4.78, 5) is 30.0. The molecule has 0 saturated carbocycles. The molecule has 1 fully saturated rings. The van der Waals surface area contributed by atoms with Gasteiger partial charge in [0, 0.05) is 39.6 Å². The van der Waals surface area contributed by atoms with E-state index in [9.17, 15) is 9.59 Å². The van der Waals surface area contributed by atoms with E-state index in [0.717, 1.165) is 6.54 Å². The third kappa shape index (κ3) is 5.28. The fourth-order valence-electron chi connectivity index (χ4n) is 2.57. The summed E-state index contributed by atoms with van der Waals surface area (Å²) in [6.07, 6.45) is 0.333. The number of nitrogens with two attached hydrogens (primary N) is 1. The smallest absolute Gasteiger partial charge is 0.227 e. The van der Waals surface area contributed by atoms with Gasteiger partial charge in [0.1, 0.15) is 0 Å². The number of rotatable bonds is 7. The molecule has 1 atom stereocenters. The summed E-state index contributed by atoms with van der Waals surface area (Å²) in [6.45, 7) is 7.28. The van der Waals surface area contributed by atoms with Crippen molar-refractivity contribution in [1.82, 2.24) is 14.7 Å². The molecule has 1 heterocycles. The average Bonchev–Trinajstić information content (AvgIpc) is 2.76. The van der Waals surface area contributed by atoms with Crippen LogP contribution in [0.3, 0.4) is 0 Å². The predicted molar refractivity (Wildman–Crippen MR) is 83.7 cm³/mol. The fraction of sp³-hybridized carbons (Fsp3) is 0.867. The van der Waals surface area contributed by atoms with E-state index in [-0.39, 0.29) is 23.1 Å². The zero-order valence-electron chi connectivity index (χ0n) is 14.1. The van der Waals surface area contributed by atoms with Crippen molar-refractivity contribution in [3.63, 3.8) is 0 Å². The average molecular weight is 298 g/mol. The SMILES string of the molecule is CN(C)CCN1CC(C(=O)N(C)CC(C)(C)CN)CC1=O. The van der Waals surface area contributed by atoms with Gasteiger partial charge in [-0.25, -0.2) is 0 Å². The van der Waals surface area contributed by atoms with Crippen molar-refractivity contribution >= 4 is 11.8 Å². The molecule has 21 heavy (non-hydrogen) atoms. The Bertz CT molecular complexity index is 382. The Kier molecular flexibility index (Phi) is 6.16. The molecule has 1 aliphatic heterocycles. The van der Waals surface area contributed by atoms with Gasteiger partial charge in [-0.15, -0.1) is 0 Å². The Morgan fingerprint density at radius 2 is 2.00 bits per heavy atom. The number of hydrogen-bond donors (Lipinski definition) is 1. The first-order valence-electron chi connectivity index (χ1n) is 7.54. The molecule has 0 aromatic heterocycles. The molecule has 0 aromatic carbocycles. The van der Waals surface area contributed by atoms with Crippen molar-refractivity contribution in [1.29, 1.82) is 0 Å². The molecule has 0 aliphatic carbocycles. The van der Waals surface area contributed by atoms with Crippen LogP contribution in [0.1, 0.15) is 20.3 Å². The minimum absolute atomic E-state index is 0.0530. The van der Waals surface area contributed by atoms with Crippen molar-refractivity contribution in [3.8, 4) is 0 Å². The van der Waals surface area contributed by atoms with E-state index in [0.29, 0.717) is 32.6 Å². The molecule has 1 unspecified atom stereocenters. The minimum Gasteiger partial charge on any atom is -0.345 e. The van der Waals surface area contributed by atoms with Crippen LogP contribution in [0.4, 0.5) is 0 Å². The first kappa shape index (κ1) is 17.9. The van der Waals surface area contributed by atoms with Crippen molar-refractivity contribution in [3.05, 3.63) is 0 Å². The molecular weight excluding hydrogens is 268 g/mol. The van der Waals surface area contributed by atoms with Crippen LogP contribution in [-0.2, 0) is 9.59 Å². The number of likely N-dealkylation sites (tertiary alicyclic amines) is 1. The number of carbonyl (C=O) groups is 2. The molecule has 2 amide bonds. The number of amides is 2. The normalized spacial score (nSPS) is 19.5. The van der Waals surface area contributed by atoms with Crippen molar-refractivity contribution in [2.24, 2.45) is 17.1 Å². The van der Waals surface area contributed by atoms with Gasteiger partial charge in [0.2, 0.25) is 11.8 Å². The van der Waals surface area contributed by atoms with Crippen LogP contribution in [0.2, 0.25) is 0 Å². The zero-order valence-corrected chi connectivity index (χ0v) is 14.1. The fourth-order valence-corrected chi connectivity index (χ4v) is 2.57. The lowest BCUT2D eigenvalue weighted by atomic mass is 9.92. The molecule has 6 nitrogen and oxygen atoms in total.